The normalized spacial score (nSPS) is 16.2. The molecule has 0 radical (unpaired) electrons. The number of hydrogen-bond acceptors (Lipinski definition) is 13. The third-order valence-corrected chi connectivity index (χ3v) is 9.46. The Balaban J connectivity index is 1.44. The van der Waals surface area contributed by atoms with Gasteiger partial charge in [-0.25, -0.2) is 0 Å². The van der Waals surface area contributed by atoms with Crippen molar-refractivity contribution in [3.8, 4) is 0 Å². The van der Waals surface area contributed by atoms with Crippen LogP contribution in [0.3, 0.4) is 0 Å². The zero-order chi connectivity index (χ0) is 42.4. The number of benzene rings is 1. The molecule has 1 aromatic carbocycles. The maximum Gasteiger partial charge on any atom is 0.283 e. The van der Waals surface area contributed by atoms with Crippen LogP contribution in [0.15, 0.2) is 94.9 Å². The molecule has 0 bridgehead atoms. The van der Waals surface area contributed by atoms with Crippen molar-refractivity contribution in [2.45, 2.75) is 37.9 Å². The van der Waals surface area contributed by atoms with Gasteiger partial charge in [0.2, 0.25) is 0 Å². The van der Waals surface area contributed by atoms with Crippen molar-refractivity contribution in [2.75, 3.05) is 63.7 Å². The number of amides is 3. The predicted octanol–water partition coefficient (Wildman–Crippen LogP) is 1.38. The van der Waals surface area contributed by atoms with E-state index in [0.717, 1.165) is 17.2 Å². The molecule has 0 spiro atoms. The Morgan fingerprint density at radius 1 is 0.759 bits per heavy atom. The van der Waals surface area contributed by atoms with Crippen LogP contribution in [0.2, 0.25) is 0 Å². The second-order valence-electron chi connectivity index (χ2n) is 13.5. The van der Waals surface area contributed by atoms with Crippen LogP contribution >= 0.6 is 0 Å². The molecule has 17 heteroatoms. The summed E-state index contributed by atoms with van der Waals surface area (Å²) in [5.74, 6) is -3.02. The summed E-state index contributed by atoms with van der Waals surface area (Å²) >= 11 is 0. The van der Waals surface area contributed by atoms with Crippen LogP contribution in [0.25, 0.3) is 6.08 Å². The lowest BCUT2D eigenvalue weighted by atomic mass is 9.99. The fourth-order valence-corrected chi connectivity index (χ4v) is 6.42. The minimum absolute atomic E-state index is 0.0764. The minimum atomic E-state index is -1.65. The molecule has 3 amide bonds. The smallest absolute Gasteiger partial charge is 0.283 e. The van der Waals surface area contributed by atoms with Crippen LogP contribution in [0, 0.1) is 0 Å². The summed E-state index contributed by atoms with van der Waals surface area (Å²) in [6.07, 6.45) is 9.42. The van der Waals surface area contributed by atoms with E-state index in [2.05, 4.69) is 5.32 Å². The highest BCUT2D eigenvalue weighted by atomic mass is 16.5. The number of pyridine rings is 1. The Hall–Kier alpha value is -6.43. The molecular weight excluding hydrogens is 752 g/mol. The first-order chi connectivity index (χ1) is 27.8. The van der Waals surface area contributed by atoms with Gasteiger partial charge in [-0.05, 0) is 62.1 Å². The quantitative estimate of drug-likeness (QED) is 0.0420. The average Bonchev–Trinajstić information content (AvgIpc) is 3.20. The molecule has 2 aliphatic carbocycles. The first-order valence-corrected chi connectivity index (χ1v) is 18.6. The number of aromatic nitrogens is 1. The van der Waals surface area contributed by atoms with E-state index in [9.17, 15) is 54.2 Å². The van der Waals surface area contributed by atoms with E-state index >= 15 is 0 Å². The van der Waals surface area contributed by atoms with Gasteiger partial charge in [0, 0.05) is 65.0 Å². The van der Waals surface area contributed by atoms with Crippen LogP contribution in [0.1, 0.15) is 41.7 Å². The van der Waals surface area contributed by atoms with Gasteiger partial charge in [0.25, 0.3) is 23.3 Å². The highest BCUT2D eigenvalue weighted by Crippen LogP contribution is 2.29. The van der Waals surface area contributed by atoms with Crippen molar-refractivity contribution in [3.05, 3.63) is 112 Å². The van der Waals surface area contributed by atoms with Crippen molar-refractivity contribution in [3.63, 3.8) is 0 Å². The third kappa shape index (κ3) is 11.3. The van der Waals surface area contributed by atoms with Gasteiger partial charge < -0.3 is 35.4 Å². The molecule has 2 aromatic rings. The fourth-order valence-electron chi connectivity index (χ4n) is 6.42. The van der Waals surface area contributed by atoms with E-state index in [1.54, 1.807) is 24.3 Å². The topological polar surface area (TPSA) is 230 Å². The largest absolute Gasteiger partial charge is 0.425 e. The number of aliphatic hydroxyl groups excluding tert-OH is 2. The number of unbranched alkanes of at least 4 members (excludes halogenated alkanes) is 1. The number of nitrogens with zero attached hydrogens (tertiary/aromatic N) is 5. The van der Waals surface area contributed by atoms with Gasteiger partial charge in [-0.2, -0.15) is 0 Å². The third-order valence-electron chi connectivity index (χ3n) is 9.46. The van der Waals surface area contributed by atoms with Crippen molar-refractivity contribution in [1.29, 1.82) is 0 Å². The standard InChI is InChI=1S/C41H48N6O11/c1-43(39(54)29-14-6-18-33(49)37(29)52)22-11-26-45(40(55)30-15-7-19-34(50)38(30)53)23-3-4-24-46(41(56)32-17-8-20-35(51)47(32)58)25-10-21-42-31-16-5-12-28(13-9-27-48)36(31)44(2)57/h5-9,12-20,27,37-38,42,52-53,57-58H,3-4,10-11,21-26H2,1-2H3/b13-9-. The average molecular weight is 801 g/mol. The summed E-state index contributed by atoms with van der Waals surface area (Å²) in [6.45, 7) is 1.02. The molecule has 4 rings (SSSR count). The number of carbonyl (C=O) groups excluding carboxylic acids is 6. The molecular formula is C41H48N6O11. The number of allylic oxidation sites excluding steroid dienone is 5. The first-order valence-electron chi connectivity index (χ1n) is 18.6. The highest BCUT2D eigenvalue weighted by Gasteiger charge is 2.30. The molecule has 0 fully saturated rings. The number of para-hydroxylation sites is 1. The number of aldehydes is 1. The van der Waals surface area contributed by atoms with Crippen LogP contribution in [0.4, 0.5) is 11.4 Å². The molecule has 1 heterocycles. The van der Waals surface area contributed by atoms with Crippen molar-refractivity contribution in [2.24, 2.45) is 0 Å². The maximum absolute atomic E-state index is 13.7. The van der Waals surface area contributed by atoms with Crippen LogP contribution in [-0.4, -0.2) is 141 Å². The van der Waals surface area contributed by atoms with Gasteiger partial charge >= 0.3 is 0 Å². The lowest BCUT2D eigenvalue weighted by Gasteiger charge is -2.28. The van der Waals surface area contributed by atoms with Gasteiger partial charge in [-0.3, -0.25) is 43.8 Å². The fraction of sp³-hybridized carbons (Fsp3) is 0.341. The monoisotopic (exact) mass is 800 g/mol. The number of hydrogen-bond donors (Lipinski definition) is 5. The van der Waals surface area contributed by atoms with Crippen molar-refractivity contribution in [1.82, 2.24) is 19.4 Å². The van der Waals surface area contributed by atoms with E-state index in [1.807, 2.05) is 0 Å². The van der Waals surface area contributed by atoms with Crippen molar-refractivity contribution < 1.29 is 49.4 Å². The Kier molecular flexibility index (Phi) is 16.2. The maximum atomic E-state index is 13.7. The SMILES string of the molecule is CN(CCCN(CCCCN(CCCNc1cccc(/C=C\C=O)c1N(C)O)C(=O)c1cccc(=O)n1O)C(=O)C1=CC=CC(=O)C1O)C(=O)C1=CC=CC(=O)C1O. The number of hydroxylamine groups is 1. The van der Waals surface area contributed by atoms with Crippen LogP contribution < -0.4 is 15.9 Å². The molecule has 308 valence electrons. The van der Waals surface area contributed by atoms with Crippen molar-refractivity contribution >= 4 is 53.0 Å². The van der Waals surface area contributed by atoms with Gasteiger partial charge in [-0.15, -0.1) is 4.73 Å². The van der Waals surface area contributed by atoms with Gasteiger partial charge in [0.05, 0.1) is 22.5 Å². The number of anilines is 2. The molecule has 0 saturated carbocycles. The lowest BCUT2D eigenvalue weighted by molar-refractivity contribution is -0.132. The molecule has 2 aliphatic rings. The van der Waals surface area contributed by atoms with E-state index in [-0.39, 0.29) is 60.7 Å². The number of carbonyl (C=O) groups is 6. The number of ketones is 2. The number of rotatable bonds is 20. The van der Waals surface area contributed by atoms with Gasteiger partial charge in [0.1, 0.15) is 24.2 Å². The number of aliphatic hydroxyl groups is 2. The summed E-state index contributed by atoms with van der Waals surface area (Å²) in [7, 11) is 2.94. The molecule has 2 atom stereocenters. The molecule has 2 unspecified atom stereocenters. The highest BCUT2D eigenvalue weighted by molar-refractivity contribution is 6.08. The predicted molar refractivity (Wildman–Crippen MR) is 213 cm³/mol. The van der Waals surface area contributed by atoms with E-state index in [4.69, 9.17) is 0 Å². The summed E-state index contributed by atoms with van der Waals surface area (Å²) < 4.78 is 0.274. The molecule has 1 aromatic heterocycles. The second-order valence-corrected chi connectivity index (χ2v) is 13.5. The molecule has 17 nitrogen and oxygen atoms in total. The van der Waals surface area contributed by atoms with E-state index < -0.39 is 47.1 Å². The van der Waals surface area contributed by atoms with E-state index in [0.29, 0.717) is 49.0 Å². The Bertz CT molecular complexity index is 2080. The molecule has 0 saturated heterocycles. The number of nitrogens with one attached hydrogen (secondary N) is 1. The zero-order valence-electron chi connectivity index (χ0n) is 32.3. The summed E-state index contributed by atoms with van der Waals surface area (Å²) in [6, 6.07) is 9.00. The molecule has 5 N–H and O–H groups in total. The Morgan fingerprint density at radius 3 is 1.95 bits per heavy atom. The number of likely N-dealkylation sites (N-methyl/N-ethyl adjacent to an activating group) is 1. The Labute approximate surface area is 334 Å². The zero-order valence-corrected chi connectivity index (χ0v) is 32.3. The summed E-state index contributed by atoms with van der Waals surface area (Å²) in [4.78, 5) is 91.7. The van der Waals surface area contributed by atoms with Crippen LogP contribution in [0.5, 0.6) is 0 Å². The molecule has 58 heavy (non-hydrogen) atoms. The summed E-state index contributed by atoms with van der Waals surface area (Å²) in [5.41, 5.74) is 0.340. The van der Waals surface area contributed by atoms with Gasteiger partial charge in [0.15, 0.2) is 11.6 Å². The first kappa shape index (κ1) is 44.3. The lowest BCUT2D eigenvalue weighted by Crippen LogP contribution is -2.41. The Morgan fingerprint density at radius 2 is 1.33 bits per heavy atom. The second kappa shape index (κ2) is 21.2. The summed E-state index contributed by atoms with van der Waals surface area (Å²) in [5, 5.41) is 45.5. The van der Waals surface area contributed by atoms with E-state index in [1.165, 1.54) is 77.4 Å². The minimum Gasteiger partial charge on any atom is -0.425 e. The molecule has 0 aliphatic heterocycles. The van der Waals surface area contributed by atoms with Crippen LogP contribution in [-0.2, 0) is 24.0 Å². The van der Waals surface area contributed by atoms with Gasteiger partial charge in [-0.1, -0.05) is 42.5 Å².